The zero-order chi connectivity index (χ0) is 14.5. The van der Waals surface area contributed by atoms with E-state index in [1.54, 1.807) is 7.11 Å². The third kappa shape index (κ3) is 3.96. The molecule has 0 saturated carbocycles. The van der Waals surface area contributed by atoms with Crippen LogP contribution in [0.1, 0.15) is 30.9 Å². The number of methoxy groups -OCH3 is 1. The number of hydrogen-bond donors (Lipinski definition) is 1. The minimum atomic E-state index is 0.500. The lowest BCUT2D eigenvalue weighted by Gasteiger charge is -2.27. The van der Waals surface area contributed by atoms with Crippen LogP contribution >= 0.6 is 15.9 Å². The molecule has 112 valence electrons. The first-order valence-electron chi connectivity index (χ1n) is 7.41. The molecule has 0 atom stereocenters. The zero-order valence-electron chi connectivity index (χ0n) is 12.7. The highest BCUT2D eigenvalue weighted by molar-refractivity contribution is 9.10. The summed E-state index contributed by atoms with van der Waals surface area (Å²) in [5.74, 6) is 1.52. The van der Waals surface area contributed by atoms with Gasteiger partial charge in [-0.2, -0.15) is 0 Å². The first-order valence-corrected chi connectivity index (χ1v) is 8.20. The van der Waals surface area contributed by atoms with Crippen LogP contribution in [-0.2, 0) is 6.42 Å². The Morgan fingerprint density at radius 1 is 1.30 bits per heavy atom. The second-order valence-corrected chi connectivity index (χ2v) is 6.54. The highest BCUT2D eigenvalue weighted by Crippen LogP contribution is 2.32. The maximum atomic E-state index is 5.58. The molecule has 0 spiro atoms. The fourth-order valence-corrected chi connectivity index (χ4v) is 3.50. The van der Waals surface area contributed by atoms with Crippen LogP contribution in [0.25, 0.3) is 0 Å². The summed E-state index contributed by atoms with van der Waals surface area (Å²) >= 11 is 3.70. The summed E-state index contributed by atoms with van der Waals surface area (Å²) in [7, 11) is 1.77. The minimum absolute atomic E-state index is 0.500. The number of ether oxygens (including phenoxy) is 1. The van der Waals surface area contributed by atoms with Crippen molar-refractivity contribution in [3.8, 4) is 5.75 Å². The Morgan fingerprint density at radius 3 is 2.60 bits per heavy atom. The standard InChI is InChI=1S/C16H25BrN2O/c1-12(2)14-11-16(20-3)13(10-15(14)17)4-7-19-8-5-18-6-9-19/h10-12,18H,4-9H2,1-3H3. The summed E-state index contributed by atoms with van der Waals surface area (Å²) in [6.45, 7) is 10.0. The van der Waals surface area contributed by atoms with Gasteiger partial charge in [-0.15, -0.1) is 0 Å². The molecule has 0 amide bonds. The van der Waals surface area contributed by atoms with Crippen molar-refractivity contribution in [3.05, 3.63) is 27.7 Å². The molecule has 1 N–H and O–H groups in total. The van der Waals surface area contributed by atoms with E-state index in [4.69, 9.17) is 4.74 Å². The molecule has 1 aromatic carbocycles. The van der Waals surface area contributed by atoms with Crippen molar-refractivity contribution in [2.75, 3.05) is 39.8 Å². The van der Waals surface area contributed by atoms with E-state index in [0.717, 1.165) is 44.9 Å². The molecule has 1 fully saturated rings. The van der Waals surface area contributed by atoms with Gasteiger partial charge in [0.15, 0.2) is 0 Å². The molecule has 2 rings (SSSR count). The highest BCUT2D eigenvalue weighted by atomic mass is 79.9. The summed E-state index contributed by atoms with van der Waals surface area (Å²) in [4.78, 5) is 2.51. The molecule has 1 aliphatic rings. The van der Waals surface area contributed by atoms with Gasteiger partial charge in [0.25, 0.3) is 0 Å². The van der Waals surface area contributed by atoms with Crippen molar-refractivity contribution in [1.29, 1.82) is 0 Å². The Hall–Kier alpha value is -0.580. The Bertz CT molecular complexity index is 442. The SMILES string of the molecule is COc1cc(C(C)C)c(Br)cc1CCN1CCNCC1. The Kier molecular flexibility index (Phi) is 5.87. The fourth-order valence-electron chi connectivity index (χ4n) is 2.65. The molecule has 1 aromatic rings. The van der Waals surface area contributed by atoms with Gasteiger partial charge in [-0.3, -0.25) is 0 Å². The van der Waals surface area contributed by atoms with Crippen LogP contribution in [-0.4, -0.2) is 44.7 Å². The average molecular weight is 341 g/mol. The van der Waals surface area contributed by atoms with E-state index < -0.39 is 0 Å². The molecule has 1 saturated heterocycles. The quantitative estimate of drug-likeness (QED) is 0.891. The first-order chi connectivity index (χ1) is 9.61. The second-order valence-electron chi connectivity index (χ2n) is 5.68. The van der Waals surface area contributed by atoms with Crippen molar-refractivity contribution >= 4 is 15.9 Å². The molecule has 0 aliphatic carbocycles. The van der Waals surface area contributed by atoms with Crippen molar-refractivity contribution in [1.82, 2.24) is 10.2 Å². The Morgan fingerprint density at radius 2 is 2.00 bits per heavy atom. The lowest BCUT2D eigenvalue weighted by atomic mass is 9.99. The summed E-state index contributed by atoms with van der Waals surface area (Å²) in [6, 6.07) is 4.41. The second kappa shape index (κ2) is 7.43. The number of benzene rings is 1. The number of nitrogens with one attached hydrogen (secondary N) is 1. The minimum Gasteiger partial charge on any atom is -0.496 e. The summed E-state index contributed by atoms with van der Waals surface area (Å²) < 4.78 is 6.78. The van der Waals surface area contributed by atoms with Gasteiger partial charge in [0.05, 0.1) is 7.11 Å². The van der Waals surface area contributed by atoms with E-state index in [-0.39, 0.29) is 0 Å². The highest BCUT2D eigenvalue weighted by Gasteiger charge is 2.14. The van der Waals surface area contributed by atoms with Gasteiger partial charge in [-0.05, 0) is 35.6 Å². The van der Waals surface area contributed by atoms with Gasteiger partial charge in [0.2, 0.25) is 0 Å². The van der Waals surface area contributed by atoms with Crippen LogP contribution in [0.5, 0.6) is 5.75 Å². The molecule has 4 heteroatoms. The van der Waals surface area contributed by atoms with Crippen molar-refractivity contribution in [2.24, 2.45) is 0 Å². The number of piperazine rings is 1. The summed E-state index contributed by atoms with van der Waals surface area (Å²) in [5, 5.41) is 3.39. The monoisotopic (exact) mass is 340 g/mol. The van der Waals surface area contributed by atoms with E-state index in [0.29, 0.717) is 5.92 Å². The van der Waals surface area contributed by atoms with Crippen molar-refractivity contribution in [2.45, 2.75) is 26.2 Å². The predicted molar refractivity (Wildman–Crippen MR) is 87.8 cm³/mol. The summed E-state index contributed by atoms with van der Waals surface area (Å²) in [6.07, 6.45) is 1.04. The zero-order valence-corrected chi connectivity index (χ0v) is 14.3. The molecule has 0 radical (unpaired) electrons. The Labute approximate surface area is 130 Å². The lowest BCUT2D eigenvalue weighted by molar-refractivity contribution is 0.243. The third-order valence-corrected chi connectivity index (χ3v) is 4.62. The molecular formula is C16H25BrN2O. The van der Waals surface area contributed by atoms with Crippen LogP contribution in [0.2, 0.25) is 0 Å². The molecule has 1 heterocycles. The maximum Gasteiger partial charge on any atom is 0.122 e. The molecule has 0 bridgehead atoms. The molecule has 1 aliphatic heterocycles. The topological polar surface area (TPSA) is 24.5 Å². The van der Waals surface area contributed by atoms with Gasteiger partial charge in [0.1, 0.15) is 5.75 Å². The van der Waals surface area contributed by atoms with Gasteiger partial charge >= 0.3 is 0 Å². The van der Waals surface area contributed by atoms with Gasteiger partial charge in [-0.25, -0.2) is 0 Å². The Balaban J connectivity index is 2.08. The molecule has 0 aromatic heterocycles. The van der Waals surface area contributed by atoms with Crippen molar-refractivity contribution < 1.29 is 4.74 Å². The number of halogens is 1. The number of hydrogen-bond acceptors (Lipinski definition) is 3. The van der Waals surface area contributed by atoms with Crippen LogP contribution < -0.4 is 10.1 Å². The van der Waals surface area contributed by atoms with Crippen LogP contribution in [0.4, 0.5) is 0 Å². The van der Waals surface area contributed by atoms with E-state index in [1.807, 2.05) is 0 Å². The lowest BCUT2D eigenvalue weighted by Crippen LogP contribution is -2.44. The number of nitrogens with zero attached hydrogens (tertiary/aromatic N) is 1. The van der Waals surface area contributed by atoms with Crippen LogP contribution in [0.3, 0.4) is 0 Å². The largest absolute Gasteiger partial charge is 0.496 e. The fraction of sp³-hybridized carbons (Fsp3) is 0.625. The predicted octanol–water partition coefficient (Wildman–Crippen LogP) is 3.03. The average Bonchev–Trinajstić information content (AvgIpc) is 2.46. The van der Waals surface area contributed by atoms with E-state index in [1.165, 1.54) is 15.6 Å². The normalized spacial score (nSPS) is 16.6. The van der Waals surface area contributed by atoms with Gasteiger partial charge in [0, 0.05) is 37.2 Å². The maximum absolute atomic E-state index is 5.58. The molecule has 20 heavy (non-hydrogen) atoms. The molecular weight excluding hydrogens is 316 g/mol. The van der Waals surface area contributed by atoms with Crippen LogP contribution in [0.15, 0.2) is 16.6 Å². The third-order valence-electron chi connectivity index (χ3n) is 3.93. The van der Waals surface area contributed by atoms with Crippen LogP contribution in [0, 0.1) is 0 Å². The number of rotatable bonds is 5. The first kappa shape index (κ1) is 15.8. The smallest absolute Gasteiger partial charge is 0.122 e. The van der Waals surface area contributed by atoms with E-state index >= 15 is 0 Å². The molecule has 0 unspecified atom stereocenters. The van der Waals surface area contributed by atoms with Gasteiger partial charge in [-0.1, -0.05) is 29.8 Å². The summed E-state index contributed by atoms with van der Waals surface area (Å²) in [5.41, 5.74) is 2.61. The van der Waals surface area contributed by atoms with Gasteiger partial charge < -0.3 is 15.0 Å². The van der Waals surface area contributed by atoms with E-state index in [2.05, 4.69) is 52.1 Å². The molecule has 3 nitrogen and oxygen atoms in total. The van der Waals surface area contributed by atoms with E-state index in [9.17, 15) is 0 Å². The van der Waals surface area contributed by atoms with Crippen molar-refractivity contribution in [3.63, 3.8) is 0 Å².